The lowest BCUT2D eigenvalue weighted by Gasteiger charge is -1.98. The first kappa shape index (κ1) is 21.2. The first-order valence-corrected chi connectivity index (χ1v) is 8.72. The van der Waals surface area contributed by atoms with Gasteiger partial charge in [0.05, 0.1) is 7.11 Å². The number of hydrogen-bond acceptors (Lipinski definition) is 2. The molecule has 0 aliphatic rings. The van der Waals surface area contributed by atoms with Crippen molar-refractivity contribution in [3.63, 3.8) is 0 Å². The predicted octanol–water partition coefficient (Wildman–Crippen LogP) is 6.08. The summed E-state index contributed by atoms with van der Waals surface area (Å²) in [4.78, 5) is 10.8. The Balaban J connectivity index is 3.54. The monoisotopic (exact) mass is 316 g/mol. The van der Waals surface area contributed by atoms with E-state index in [-0.39, 0.29) is 5.97 Å². The van der Waals surface area contributed by atoms with Gasteiger partial charge in [-0.15, -0.1) is 0 Å². The molecule has 2 nitrogen and oxygen atoms in total. The summed E-state index contributed by atoms with van der Waals surface area (Å²) < 4.78 is 4.48. The summed E-state index contributed by atoms with van der Waals surface area (Å²) in [7, 11) is 1.36. The van der Waals surface area contributed by atoms with E-state index in [0.29, 0.717) is 0 Å². The highest BCUT2D eigenvalue weighted by atomic mass is 16.5. The molecular formula is C21H32O2. The summed E-state index contributed by atoms with van der Waals surface area (Å²) in [5, 5.41) is 0. The largest absolute Gasteiger partial charge is 0.466 e. The van der Waals surface area contributed by atoms with Crippen LogP contribution in [0, 0.1) is 0 Å². The molecule has 0 aromatic rings. The van der Waals surface area contributed by atoms with E-state index >= 15 is 0 Å². The van der Waals surface area contributed by atoms with Crippen LogP contribution in [0.25, 0.3) is 0 Å². The Kier molecular flexibility index (Phi) is 16.8. The minimum atomic E-state index is -0.343. The summed E-state index contributed by atoms with van der Waals surface area (Å²) in [6, 6.07) is 0. The van der Waals surface area contributed by atoms with Gasteiger partial charge in [0, 0.05) is 6.08 Å². The normalized spacial score (nSPS) is 12.6. The fourth-order valence-corrected chi connectivity index (χ4v) is 1.98. The van der Waals surface area contributed by atoms with Gasteiger partial charge >= 0.3 is 5.97 Å². The number of allylic oxidation sites excluding steroid dienone is 9. The lowest BCUT2D eigenvalue weighted by atomic mass is 10.1. The molecule has 0 atom stereocenters. The van der Waals surface area contributed by atoms with Crippen LogP contribution in [0.3, 0.4) is 0 Å². The van der Waals surface area contributed by atoms with Crippen LogP contribution >= 0.6 is 0 Å². The quantitative estimate of drug-likeness (QED) is 0.178. The van der Waals surface area contributed by atoms with Crippen molar-refractivity contribution < 1.29 is 9.53 Å². The van der Waals surface area contributed by atoms with E-state index in [4.69, 9.17) is 0 Å². The molecular weight excluding hydrogens is 284 g/mol. The summed E-state index contributed by atoms with van der Waals surface area (Å²) in [6.45, 7) is 2.26. The van der Waals surface area contributed by atoms with Crippen molar-refractivity contribution in [1.82, 2.24) is 0 Å². The molecule has 23 heavy (non-hydrogen) atoms. The second kappa shape index (κ2) is 18.2. The second-order valence-corrected chi connectivity index (χ2v) is 5.38. The van der Waals surface area contributed by atoms with Crippen molar-refractivity contribution in [3.8, 4) is 0 Å². The Labute approximate surface area is 142 Å². The molecule has 0 saturated heterocycles. The Morgan fingerprint density at radius 2 is 1.26 bits per heavy atom. The number of carbonyl (C=O) groups is 1. The lowest BCUT2D eigenvalue weighted by molar-refractivity contribution is -0.134. The van der Waals surface area contributed by atoms with Crippen LogP contribution in [0.15, 0.2) is 60.8 Å². The van der Waals surface area contributed by atoms with Crippen LogP contribution in [0.5, 0.6) is 0 Å². The standard InChI is InChI=1S/C21H32O2/c1-3-4-5-6-7-8-9-10-11-12-13-14-15-16-17-18-19-20-21(22)23-2/h11-20H,3-10H2,1-2H3/b12-11-,14-13-,16-15+,18-17-,20-19+. The Morgan fingerprint density at radius 3 is 1.87 bits per heavy atom. The topological polar surface area (TPSA) is 26.3 Å². The molecule has 0 saturated carbocycles. The molecule has 0 aromatic carbocycles. The second-order valence-electron chi connectivity index (χ2n) is 5.38. The summed E-state index contributed by atoms with van der Waals surface area (Å²) >= 11 is 0. The number of unbranched alkanes of at least 4 members (excludes halogenated alkanes) is 7. The van der Waals surface area contributed by atoms with E-state index in [0.717, 1.165) is 0 Å². The van der Waals surface area contributed by atoms with E-state index in [1.807, 2.05) is 30.4 Å². The highest BCUT2D eigenvalue weighted by Gasteiger charge is 1.88. The van der Waals surface area contributed by atoms with E-state index in [9.17, 15) is 4.79 Å². The van der Waals surface area contributed by atoms with Gasteiger partial charge in [-0.05, 0) is 12.8 Å². The molecule has 0 radical (unpaired) electrons. The van der Waals surface area contributed by atoms with Gasteiger partial charge < -0.3 is 4.74 Å². The first-order chi connectivity index (χ1) is 11.3. The zero-order valence-electron chi connectivity index (χ0n) is 14.7. The molecule has 128 valence electrons. The van der Waals surface area contributed by atoms with E-state index in [1.54, 1.807) is 12.2 Å². The van der Waals surface area contributed by atoms with Crippen molar-refractivity contribution >= 4 is 5.97 Å². The molecule has 0 aliphatic heterocycles. The minimum absolute atomic E-state index is 0.343. The molecule has 0 heterocycles. The van der Waals surface area contributed by atoms with Crippen molar-refractivity contribution in [2.45, 2.75) is 58.3 Å². The zero-order valence-corrected chi connectivity index (χ0v) is 14.7. The van der Waals surface area contributed by atoms with Crippen molar-refractivity contribution in [2.24, 2.45) is 0 Å². The Hall–Kier alpha value is -1.83. The van der Waals surface area contributed by atoms with Gasteiger partial charge in [0.25, 0.3) is 0 Å². The third-order valence-corrected chi connectivity index (χ3v) is 3.32. The van der Waals surface area contributed by atoms with E-state index < -0.39 is 0 Å². The van der Waals surface area contributed by atoms with Crippen LogP contribution in [0.1, 0.15) is 58.3 Å². The maximum Gasteiger partial charge on any atom is 0.330 e. The van der Waals surface area contributed by atoms with Crippen molar-refractivity contribution in [3.05, 3.63) is 60.8 Å². The average Bonchev–Trinajstić information content (AvgIpc) is 2.57. The van der Waals surface area contributed by atoms with Gasteiger partial charge in [-0.1, -0.05) is 100 Å². The molecule has 0 aromatic heterocycles. The molecule has 0 rings (SSSR count). The van der Waals surface area contributed by atoms with Crippen molar-refractivity contribution in [2.75, 3.05) is 7.11 Å². The highest BCUT2D eigenvalue weighted by molar-refractivity contribution is 5.82. The van der Waals surface area contributed by atoms with Crippen LogP contribution in [0.2, 0.25) is 0 Å². The zero-order chi connectivity index (χ0) is 17.0. The maximum absolute atomic E-state index is 10.8. The fraction of sp³-hybridized carbons (Fsp3) is 0.476. The Morgan fingerprint density at radius 1 is 0.739 bits per heavy atom. The average molecular weight is 316 g/mol. The predicted molar refractivity (Wildman–Crippen MR) is 100 cm³/mol. The third kappa shape index (κ3) is 18.1. The number of carbonyl (C=O) groups excluding carboxylic acids is 1. The first-order valence-electron chi connectivity index (χ1n) is 8.72. The number of ether oxygens (including phenoxy) is 1. The molecule has 2 heteroatoms. The van der Waals surface area contributed by atoms with Crippen LogP contribution in [0.4, 0.5) is 0 Å². The molecule has 0 spiro atoms. The molecule has 0 N–H and O–H groups in total. The van der Waals surface area contributed by atoms with Crippen molar-refractivity contribution in [1.29, 1.82) is 0 Å². The maximum atomic E-state index is 10.8. The molecule has 0 fully saturated rings. The van der Waals surface area contributed by atoms with Gasteiger partial charge in [-0.2, -0.15) is 0 Å². The number of methoxy groups -OCH3 is 1. The van der Waals surface area contributed by atoms with Gasteiger partial charge in [0.15, 0.2) is 0 Å². The molecule has 0 bridgehead atoms. The van der Waals surface area contributed by atoms with E-state index in [1.165, 1.54) is 64.6 Å². The van der Waals surface area contributed by atoms with Gasteiger partial charge in [-0.3, -0.25) is 0 Å². The third-order valence-electron chi connectivity index (χ3n) is 3.32. The summed E-state index contributed by atoms with van der Waals surface area (Å²) in [5.41, 5.74) is 0. The van der Waals surface area contributed by atoms with Crippen LogP contribution in [-0.2, 0) is 9.53 Å². The van der Waals surface area contributed by atoms with Crippen LogP contribution < -0.4 is 0 Å². The summed E-state index contributed by atoms with van der Waals surface area (Å²) in [5.74, 6) is -0.343. The Bertz CT molecular complexity index is 412. The smallest absolute Gasteiger partial charge is 0.330 e. The molecule has 0 aliphatic carbocycles. The fourth-order valence-electron chi connectivity index (χ4n) is 1.98. The van der Waals surface area contributed by atoms with Gasteiger partial charge in [-0.25, -0.2) is 4.79 Å². The van der Waals surface area contributed by atoms with Gasteiger partial charge in [0.2, 0.25) is 0 Å². The summed E-state index contributed by atoms with van der Waals surface area (Å²) in [6.07, 6.45) is 29.6. The number of hydrogen-bond donors (Lipinski definition) is 0. The molecule has 0 amide bonds. The lowest BCUT2D eigenvalue weighted by Crippen LogP contribution is -1.92. The SMILES string of the molecule is CCCCCCCCC\C=C/C=C\C=C\C=C/C=C/C(=O)OC. The van der Waals surface area contributed by atoms with E-state index in [2.05, 4.69) is 23.8 Å². The highest BCUT2D eigenvalue weighted by Crippen LogP contribution is 2.08. The number of rotatable bonds is 13. The molecule has 0 unspecified atom stereocenters. The number of esters is 1. The minimum Gasteiger partial charge on any atom is -0.466 e. The van der Waals surface area contributed by atoms with Crippen LogP contribution in [-0.4, -0.2) is 13.1 Å². The van der Waals surface area contributed by atoms with Gasteiger partial charge in [0.1, 0.15) is 0 Å².